The number of unbranched alkanes of at least 4 members (excludes halogenated alkanes) is 30. The predicted octanol–water partition coefficient (Wildman–Crippen LogP) is 19.3. The van der Waals surface area contributed by atoms with Crippen LogP contribution >= 0.6 is 7.82 Å². The summed E-state index contributed by atoms with van der Waals surface area (Å²) in [7, 11) is -4.03. The Bertz CT molecular complexity index is 1070. The summed E-state index contributed by atoms with van der Waals surface area (Å²) in [5, 5.41) is 0. The molecule has 6 heteroatoms. The summed E-state index contributed by atoms with van der Waals surface area (Å²) in [6.45, 7) is 6.88. The first-order chi connectivity index (χ1) is 28.0. The van der Waals surface area contributed by atoms with Gasteiger partial charge in [-0.3, -0.25) is 4.52 Å². The van der Waals surface area contributed by atoms with E-state index in [2.05, 4.69) is 20.8 Å². The minimum absolute atomic E-state index is 0. The maximum absolute atomic E-state index is 15.0. The van der Waals surface area contributed by atoms with Crippen molar-refractivity contribution in [1.82, 2.24) is 6.15 Å². The van der Waals surface area contributed by atoms with E-state index in [1.165, 1.54) is 193 Å². The van der Waals surface area contributed by atoms with E-state index in [9.17, 15) is 0 Å². The van der Waals surface area contributed by atoms with Crippen molar-refractivity contribution >= 4 is 7.82 Å². The van der Waals surface area contributed by atoms with Gasteiger partial charge in [0.15, 0.2) is 0 Å². The molecule has 0 saturated carbocycles. The van der Waals surface area contributed by atoms with Gasteiger partial charge in [0.1, 0.15) is 11.5 Å². The zero-order valence-corrected chi connectivity index (χ0v) is 39.4. The molecule has 0 aliphatic rings. The second kappa shape index (κ2) is 38.1. The molecule has 336 valence electrons. The fourth-order valence-corrected chi connectivity index (χ4v) is 9.98. The summed E-state index contributed by atoms with van der Waals surface area (Å²) in [6, 6.07) is 19.0. The first kappa shape index (κ1) is 54.2. The van der Waals surface area contributed by atoms with E-state index < -0.39 is 13.4 Å². The van der Waals surface area contributed by atoms with Gasteiger partial charge in [-0.1, -0.05) is 269 Å². The third-order valence-corrected chi connectivity index (χ3v) is 13.4. The topological polar surface area (TPSA) is 79.8 Å². The minimum atomic E-state index is -4.03. The van der Waals surface area contributed by atoms with Crippen molar-refractivity contribution in [3.63, 3.8) is 0 Å². The van der Waals surface area contributed by atoms with Crippen LogP contribution in [0.1, 0.15) is 252 Å². The van der Waals surface area contributed by atoms with Crippen LogP contribution in [0.25, 0.3) is 0 Å². The molecule has 2 rings (SSSR count). The lowest BCUT2D eigenvalue weighted by Gasteiger charge is -2.36. The summed E-state index contributed by atoms with van der Waals surface area (Å²) < 4.78 is 34.6. The normalized spacial score (nSPS) is 11.8. The molecule has 0 heterocycles. The molecule has 0 spiro atoms. The van der Waals surface area contributed by atoms with Gasteiger partial charge in [0, 0.05) is 0 Å². The molecule has 2 aromatic carbocycles. The highest BCUT2D eigenvalue weighted by molar-refractivity contribution is 7.49. The number of hydrogen-bond acceptors (Lipinski definition) is 5. The Morgan fingerprint density at radius 1 is 0.362 bits per heavy atom. The predicted molar refractivity (Wildman–Crippen MR) is 254 cm³/mol. The van der Waals surface area contributed by atoms with Gasteiger partial charge in [-0.25, -0.2) is 4.57 Å². The van der Waals surface area contributed by atoms with Crippen molar-refractivity contribution in [2.75, 3.05) is 0 Å². The summed E-state index contributed by atoms with van der Waals surface area (Å²) in [4.78, 5) is 0. The van der Waals surface area contributed by atoms with Gasteiger partial charge >= 0.3 is 7.82 Å². The van der Waals surface area contributed by atoms with Crippen LogP contribution in [0.2, 0.25) is 0 Å². The molecule has 0 bridgehead atoms. The number of phosphoric ester groups is 1. The Labute approximate surface area is 360 Å². The maximum atomic E-state index is 15.0. The highest BCUT2D eigenvalue weighted by Crippen LogP contribution is 2.55. The largest absolute Gasteiger partial charge is 0.588 e. The molecule has 0 saturated heterocycles. The van der Waals surface area contributed by atoms with E-state index >= 15 is 4.57 Å². The van der Waals surface area contributed by atoms with E-state index in [0.29, 0.717) is 11.5 Å². The molecular weight excluding hydrogens is 734 g/mol. The quantitative estimate of drug-likeness (QED) is 0.0533. The molecule has 0 radical (unpaired) electrons. The monoisotopic (exact) mass is 828 g/mol. The maximum Gasteiger partial charge on any atom is 0.588 e. The first-order valence-electron chi connectivity index (χ1n) is 24.8. The lowest BCUT2D eigenvalue weighted by atomic mass is 9.85. The van der Waals surface area contributed by atoms with Crippen LogP contribution in [0.3, 0.4) is 0 Å². The highest BCUT2D eigenvalue weighted by atomic mass is 31.2. The van der Waals surface area contributed by atoms with Gasteiger partial charge in [0.2, 0.25) is 0 Å². The first-order valence-corrected chi connectivity index (χ1v) is 26.3. The molecule has 5 nitrogen and oxygen atoms in total. The standard InChI is InChI=1S/C52H91O4P.H3N/c1-4-7-10-13-16-19-22-25-28-31-40-47-52(48-41-32-29-26-23-20-17-14-11-8-5-2,49-42-33-30-27-24-21-18-15-12-9-6-3)56-57(53,54-50-43-36-34-37-44-50)55-51-45-38-35-39-46-51;/h34-39,43-46H,4-33,40-42,47-49H2,1-3H3;1H3. The Morgan fingerprint density at radius 2 is 0.586 bits per heavy atom. The van der Waals surface area contributed by atoms with Gasteiger partial charge in [-0.05, 0) is 43.5 Å². The summed E-state index contributed by atoms with van der Waals surface area (Å²) >= 11 is 0. The van der Waals surface area contributed by atoms with Crippen LogP contribution in [0.15, 0.2) is 60.7 Å². The Kier molecular flexibility index (Phi) is 35.6. The molecule has 0 unspecified atom stereocenters. The fraction of sp³-hybridized carbons (Fsp3) is 0.769. The molecule has 3 N–H and O–H groups in total. The molecule has 0 aliphatic heterocycles. The second-order valence-electron chi connectivity index (χ2n) is 17.4. The number of hydrogen-bond donors (Lipinski definition) is 1. The van der Waals surface area contributed by atoms with Crippen LogP contribution < -0.4 is 15.2 Å². The van der Waals surface area contributed by atoms with E-state index in [1.807, 2.05) is 60.7 Å². The molecule has 58 heavy (non-hydrogen) atoms. The third-order valence-electron chi connectivity index (χ3n) is 11.9. The molecule has 0 aromatic heterocycles. The Hall–Kier alpha value is -1.81. The van der Waals surface area contributed by atoms with Crippen molar-refractivity contribution in [2.24, 2.45) is 0 Å². The fourth-order valence-electron chi connectivity index (χ4n) is 8.36. The number of para-hydroxylation sites is 2. The van der Waals surface area contributed by atoms with Crippen LogP contribution in [0.5, 0.6) is 11.5 Å². The zero-order chi connectivity index (χ0) is 40.8. The van der Waals surface area contributed by atoms with Gasteiger partial charge in [0.25, 0.3) is 0 Å². The molecule has 0 atom stereocenters. The average Bonchev–Trinajstić information content (AvgIpc) is 3.21. The van der Waals surface area contributed by atoms with E-state index in [-0.39, 0.29) is 6.15 Å². The SMILES string of the molecule is CCCCCCCCCCCCCC(CCCCCCCCCCCCC)(CCCCCCCCCCCCC)OP(=O)(Oc1ccccc1)Oc1ccccc1.N. The van der Waals surface area contributed by atoms with Gasteiger partial charge < -0.3 is 15.2 Å². The summed E-state index contributed by atoms with van der Waals surface area (Å²) in [5.74, 6) is 1.04. The van der Waals surface area contributed by atoms with E-state index in [1.54, 1.807) is 0 Å². The average molecular weight is 828 g/mol. The molecule has 0 amide bonds. The Balaban J connectivity index is 0.0000168. The lowest BCUT2D eigenvalue weighted by Crippen LogP contribution is -2.33. The summed E-state index contributed by atoms with van der Waals surface area (Å²) in [6.07, 6.45) is 46.0. The molecule has 0 aliphatic carbocycles. The molecule has 0 fully saturated rings. The lowest BCUT2D eigenvalue weighted by molar-refractivity contribution is 0.00982. The van der Waals surface area contributed by atoms with Crippen molar-refractivity contribution in [3.8, 4) is 11.5 Å². The Morgan fingerprint density at radius 3 is 0.828 bits per heavy atom. The molecular formula is C52H94NO4P. The van der Waals surface area contributed by atoms with Crippen molar-refractivity contribution in [1.29, 1.82) is 0 Å². The number of benzene rings is 2. The van der Waals surface area contributed by atoms with Crippen LogP contribution in [0, 0.1) is 0 Å². The number of phosphoric acid groups is 1. The third kappa shape index (κ3) is 29.4. The summed E-state index contributed by atoms with van der Waals surface area (Å²) in [5.41, 5.74) is -0.545. The van der Waals surface area contributed by atoms with Crippen LogP contribution in [0.4, 0.5) is 0 Å². The highest BCUT2D eigenvalue weighted by Gasteiger charge is 2.43. The van der Waals surface area contributed by atoms with Crippen molar-refractivity contribution < 1.29 is 18.1 Å². The van der Waals surface area contributed by atoms with Gasteiger partial charge in [0.05, 0.1) is 5.60 Å². The van der Waals surface area contributed by atoms with E-state index in [0.717, 1.165) is 38.5 Å². The zero-order valence-electron chi connectivity index (χ0n) is 38.5. The second-order valence-corrected chi connectivity index (χ2v) is 18.8. The van der Waals surface area contributed by atoms with Crippen molar-refractivity contribution in [3.05, 3.63) is 60.7 Å². The van der Waals surface area contributed by atoms with Crippen molar-refractivity contribution in [2.45, 2.75) is 258 Å². The van der Waals surface area contributed by atoms with E-state index in [4.69, 9.17) is 13.6 Å². The van der Waals surface area contributed by atoms with Crippen LogP contribution in [-0.2, 0) is 9.09 Å². The number of rotatable bonds is 42. The minimum Gasteiger partial charge on any atom is -0.395 e. The smallest absolute Gasteiger partial charge is 0.395 e. The van der Waals surface area contributed by atoms with Gasteiger partial charge in [-0.2, -0.15) is 0 Å². The van der Waals surface area contributed by atoms with Gasteiger partial charge in [-0.15, -0.1) is 0 Å². The molecule has 2 aromatic rings. The van der Waals surface area contributed by atoms with Crippen LogP contribution in [-0.4, -0.2) is 5.60 Å².